The van der Waals surface area contributed by atoms with Gasteiger partial charge >= 0.3 is 0 Å². The lowest BCUT2D eigenvalue weighted by atomic mass is 10.2. The van der Waals surface area contributed by atoms with Crippen molar-refractivity contribution in [2.24, 2.45) is 11.5 Å². The standard InChI is InChI=1S/C7H14Cl2N2O2/c1-5(2)12-6(8,3-10)7(9,4-11)13-5/h3-4,10-11H2,1-2H3/t6-,7-/m1/s1. The first-order chi connectivity index (χ1) is 5.79. The molecule has 0 aromatic heterocycles. The summed E-state index contributed by atoms with van der Waals surface area (Å²) in [5.41, 5.74) is 10.9. The fourth-order valence-corrected chi connectivity index (χ4v) is 1.94. The van der Waals surface area contributed by atoms with Gasteiger partial charge in [-0.25, -0.2) is 0 Å². The summed E-state index contributed by atoms with van der Waals surface area (Å²) in [6.07, 6.45) is 0. The molecule has 0 unspecified atom stereocenters. The van der Waals surface area contributed by atoms with Crippen LogP contribution in [-0.2, 0) is 9.47 Å². The first-order valence-corrected chi connectivity index (χ1v) is 4.72. The highest BCUT2D eigenvalue weighted by molar-refractivity contribution is 6.34. The van der Waals surface area contributed by atoms with Crippen LogP contribution >= 0.6 is 23.2 Å². The van der Waals surface area contributed by atoms with E-state index < -0.39 is 15.9 Å². The summed E-state index contributed by atoms with van der Waals surface area (Å²) < 4.78 is 10.8. The van der Waals surface area contributed by atoms with Crippen molar-refractivity contribution in [3.05, 3.63) is 0 Å². The van der Waals surface area contributed by atoms with Gasteiger partial charge in [0, 0.05) is 13.1 Å². The molecule has 0 saturated carbocycles. The molecule has 0 amide bonds. The average Bonchev–Trinajstić information content (AvgIpc) is 2.19. The average molecular weight is 229 g/mol. The predicted molar refractivity (Wildman–Crippen MR) is 51.5 cm³/mol. The van der Waals surface area contributed by atoms with Crippen molar-refractivity contribution in [2.45, 2.75) is 29.8 Å². The molecule has 2 atom stereocenters. The summed E-state index contributed by atoms with van der Waals surface area (Å²) in [5.74, 6) is -0.859. The molecule has 0 aliphatic carbocycles. The Bertz CT molecular complexity index is 195. The van der Waals surface area contributed by atoms with Crippen LogP contribution in [0, 0.1) is 0 Å². The molecular weight excluding hydrogens is 215 g/mol. The number of hydrogen-bond donors (Lipinski definition) is 2. The summed E-state index contributed by atoms with van der Waals surface area (Å²) in [6, 6.07) is 0. The number of ether oxygens (including phenoxy) is 2. The SMILES string of the molecule is CC1(C)O[C@](Cl)(CN)[C@@](Cl)(CN)O1. The van der Waals surface area contributed by atoms with Gasteiger partial charge in [0.15, 0.2) is 5.79 Å². The van der Waals surface area contributed by atoms with Crippen molar-refractivity contribution in [1.82, 2.24) is 0 Å². The molecule has 1 rings (SSSR count). The van der Waals surface area contributed by atoms with E-state index in [1.807, 2.05) is 0 Å². The van der Waals surface area contributed by atoms with Gasteiger partial charge in [-0.15, -0.1) is 0 Å². The van der Waals surface area contributed by atoms with Gasteiger partial charge in [-0.05, 0) is 13.8 Å². The van der Waals surface area contributed by atoms with Crippen LogP contribution in [-0.4, -0.2) is 29.0 Å². The molecule has 1 aliphatic heterocycles. The van der Waals surface area contributed by atoms with Crippen molar-refractivity contribution in [3.63, 3.8) is 0 Å². The van der Waals surface area contributed by atoms with Crippen molar-refractivity contribution in [1.29, 1.82) is 0 Å². The van der Waals surface area contributed by atoms with Crippen molar-refractivity contribution < 1.29 is 9.47 Å². The Morgan fingerprint density at radius 3 is 1.54 bits per heavy atom. The minimum Gasteiger partial charge on any atom is -0.327 e. The molecule has 1 heterocycles. The maximum absolute atomic E-state index is 6.06. The van der Waals surface area contributed by atoms with Gasteiger partial charge in [-0.2, -0.15) is 0 Å². The molecule has 1 fully saturated rings. The molecule has 4 N–H and O–H groups in total. The Balaban J connectivity index is 2.97. The number of hydrogen-bond acceptors (Lipinski definition) is 4. The molecule has 0 aromatic rings. The van der Waals surface area contributed by atoms with Gasteiger partial charge in [-0.3, -0.25) is 0 Å². The topological polar surface area (TPSA) is 70.5 Å². The number of alkyl halides is 2. The fourth-order valence-electron chi connectivity index (χ4n) is 1.34. The van der Waals surface area contributed by atoms with E-state index in [-0.39, 0.29) is 13.1 Å². The predicted octanol–water partition coefficient (Wildman–Crippen LogP) is 0.557. The highest BCUT2D eigenvalue weighted by atomic mass is 35.5. The van der Waals surface area contributed by atoms with Crippen LogP contribution in [0.3, 0.4) is 0 Å². The molecule has 4 nitrogen and oxygen atoms in total. The number of rotatable bonds is 2. The van der Waals surface area contributed by atoms with E-state index in [0.717, 1.165) is 0 Å². The zero-order valence-electron chi connectivity index (χ0n) is 7.64. The quantitative estimate of drug-likeness (QED) is 0.678. The maximum atomic E-state index is 6.06. The summed E-state index contributed by atoms with van der Waals surface area (Å²) in [7, 11) is 0. The second-order valence-corrected chi connectivity index (χ2v) is 4.69. The second-order valence-electron chi connectivity index (χ2n) is 3.47. The number of halogens is 2. The third-order valence-electron chi connectivity index (χ3n) is 1.90. The van der Waals surface area contributed by atoms with Crippen molar-refractivity contribution in [2.75, 3.05) is 13.1 Å². The molecule has 1 aliphatic rings. The first kappa shape index (κ1) is 11.5. The summed E-state index contributed by atoms with van der Waals surface area (Å²) in [5, 5.41) is -2.51. The van der Waals surface area contributed by atoms with Crippen LogP contribution in [0.25, 0.3) is 0 Å². The second kappa shape index (κ2) is 3.22. The fraction of sp³-hybridized carbons (Fsp3) is 1.00. The molecule has 1 saturated heterocycles. The third-order valence-corrected chi connectivity index (χ3v) is 3.07. The van der Waals surface area contributed by atoms with Crippen LogP contribution in [0.1, 0.15) is 13.8 Å². The summed E-state index contributed by atoms with van der Waals surface area (Å²) >= 11 is 12.1. The zero-order chi connectivity index (χ0) is 10.3. The lowest BCUT2D eigenvalue weighted by Gasteiger charge is -2.30. The monoisotopic (exact) mass is 228 g/mol. The van der Waals surface area contributed by atoms with Crippen LogP contribution in [0.15, 0.2) is 0 Å². The van der Waals surface area contributed by atoms with Crippen molar-refractivity contribution in [3.8, 4) is 0 Å². The van der Waals surface area contributed by atoms with E-state index in [1.165, 1.54) is 0 Å². The Labute approximate surface area is 87.4 Å². The molecular formula is C7H14Cl2N2O2. The minimum absolute atomic E-state index is 0.0404. The Morgan fingerprint density at radius 2 is 1.31 bits per heavy atom. The van der Waals surface area contributed by atoms with Crippen molar-refractivity contribution >= 4 is 23.2 Å². The van der Waals surface area contributed by atoms with Crippen LogP contribution < -0.4 is 11.5 Å². The molecule has 0 spiro atoms. The van der Waals surface area contributed by atoms with Gasteiger partial charge in [0.2, 0.25) is 10.1 Å². The van der Waals surface area contributed by atoms with E-state index in [1.54, 1.807) is 13.8 Å². The molecule has 0 bridgehead atoms. The highest BCUT2D eigenvalue weighted by Gasteiger charge is 2.61. The minimum atomic E-state index is -1.26. The molecule has 6 heteroatoms. The summed E-state index contributed by atoms with van der Waals surface area (Å²) in [6.45, 7) is 3.50. The molecule has 78 valence electrons. The molecule has 0 radical (unpaired) electrons. The Kier molecular flexibility index (Phi) is 2.85. The lowest BCUT2D eigenvalue weighted by molar-refractivity contribution is -0.153. The van der Waals surface area contributed by atoms with Gasteiger partial charge in [0.25, 0.3) is 0 Å². The third kappa shape index (κ3) is 1.79. The Hall–Kier alpha value is 0.420. The molecule has 0 aromatic carbocycles. The van der Waals surface area contributed by atoms with E-state index in [0.29, 0.717) is 0 Å². The maximum Gasteiger partial charge on any atom is 0.201 e. The van der Waals surface area contributed by atoms with Crippen LogP contribution in [0.2, 0.25) is 0 Å². The normalized spacial score (nSPS) is 43.8. The smallest absolute Gasteiger partial charge is 0.201 e. The van der Waals surface area contributed by atoms with E-state index in [2.05, 4.69) is 0 Å². The highest BCUT2D eigenvalue weighted by Crippen LogP contribution is 2.48. The Morgan fingerprint density at radius 1 is 1.00 bits per heavy atom. The van der Waals surface area contributed by atoms with E-state index in [4.69, 9.17) is 44.1 Å². The van der Waals surface area contributed by atoms with E-state index in [9.17, 15) is 0 Å². The van der Waals surface area contributed by atoms with Crippen LogP contribution in [0.5, 0.6) is 0 Å². The largest absolute Gasteiger partial charge is 0.327 e. The van der Waals surface area contributed by atoms with E-state index >= 15 is 0 Å². The zero-order valence-corrected chi connectivity index (χ0v) is 9.15. The lowest BCUT2D eigenvalue weighted by Crippen LogP contribution is -2.52. The van der Waals surface area contributed by atoms with Gasteiger partial charge in [-0.1, -0.05) is 23.2 Å². The van der Waals surface area contributed by atoms with Gasteiger partial charge < -0.3 is 20.9 Å². The van der Waals surface area contributed by atoms with Gasteiger partial charge in [0.1, 0.15) is 0 Å². The summed E-state index contributed by atoms with van der Waals surface area (Å²) in [4.78, 5) is 0. The first-order valence-electron chi connectivity index (χ1n) is 3.97. The number of nitrogens with two attached hydrogens (primary N) is 2. The molecule has 13 heavy (non-hydrogen) atoms. The van der Waals surface area contributed by atoms with Gasteiger partial charge in [0.05, 0.1) is 0 Å². The van der Waals surface area contributed by atoms with Crippen LogP contribution in [0.4, 0.5) is 0 Å².